The van der Waals surface area contributed by atoms with Gasteiger partial charge in [0.25, 0.3) is 0 Å². The van der Waals surface area contributed by atoms with E-state index in [1.165, 1.54) is 43.8 Å². The molecule has 2 unspecified atom stereocenters. The van der Waals surface area contributed by atoms with Gasteiger partial charge in [-0.15, -0.1) is 11.8 Å². The molecule has 12 rings (SSSR count). The van der Waals surface area contributed by atoms with E-state index in [2.05, 4.69) is 213 Å². The minimum atomic E-state index is -0.114. The van der Waals surface area contributed by atoms with Crippen molar-refractivity contribution >= 4 is 50.8 Å². The van der Waals surface area contributed by atoms with Crippen LogP contribution in [0.15, 0.2) is 210 Å². The van der Waals surface area contributed by atoms with E-state index in [0.717, 1.165) is 61.3 Å². The highest BCUT2D eigenvalue weighted by atomic mass is 32.2. The number of thioether (sulfide) groups is 1. The molecule has 1 aliphatic heterocycles. The van der Waals surface area contributed by atoms with Crippen LogP contribution in [0.5, 0.6) is 0 Å². The van der Waals surface area contributed by atoms with Crippen LogP contribution in [0.1, 0.15) is 36.5 Å². The number of rotatable bonds is 6. The second-order valence-electron chi connectivity index (χ2n) is 16.8. The van der Waals surface area contributed by atoms with Crippen molar-refractivity contribution in [3.05, 3.63) is 217 Å². The molecule has 0 saturated heterocycles. The van der Waals surface area contributed by atoms with E-state index < -0.39 is 0 Å². The fourth-order valence-electron chi connectivity index (χ4n) is 10.1. The van der Waals surface area contributed by atoms with E-state index in [9.17, 15) is 0 Å². The third-order valence-corrected chi connectivity index (χ3v) is 14.5. The zero-order valence-electron chi connectivity index (χ0n) is 33.5. The number of hydrogen-bond donors (Lipinski definition) is 0. The van der Waals surface area contributed by atoms with Gasteiger partial charge in [0.1, 0.15) is 11.2 Å². The monoisotopic (exact) mass is 787 g/mol. The van der Waals surface area contributed by atoms with E-state index >= 15 is 0 Å². The van der Waals surface area contributed by atoms with Gasteiger partial charge in [0.2, 0.25) is 0 Å². The Hall–Kier alpha value is -6.81. The van der Waals surface area contributed by atoms with Gasteiger partial charge in [-0.3, -0.25) is 0 Å². The summed E-state index contributed by atoms with van der Waals surface area (Å²) in [6, 6.07) is 64.5. The highest BCUT2D eigenvalue weighted by Crippen LogP contribution is 2.53. The summed E-state index contributed by atoms with van der Waals surface area (Å²) in [4.78, 5) is 3.82. The Kier molecular flexibility index (Phi) is 7.98. The van der Waals surface area contributed by atoms with Crippen LogP contribution in [0.4, 0.5) is 17.1 Å². The lowest BCUT2D eigenvalue weighted by molar-refractivity contribution is 0.660. The minimum Gasteiger partial charge on any atom is -0.455 e. The highest BCUT2D eigenvalue weighted by molar-refractivity contribution is 8.00. The van der Waals surface area contributed by atoms with Crippen LogP contribution in [-0.4, -0.2) is 5.25 Å². The predicted octanol–water partition coefficient (Wildman–Crippen LogP) is 16.0. The highest BCUT2D eigenvalue weighted by Gasteiger charge is 2.36. The van der Waals surface area contributed by atoms with Gasteiger partial charge in [-0.25, -0.2) is 0 Å². The molecule has 8 aromatic carbocycles. The Labute approximate surface area is 355 Å². The van der Waals surface area contributed by atoms with Gasteiger partial charge >= 0.3 is 0 Å². The fourth-order valence-corrected chi connectivity index (χ4v) is 11.6. The van der Waals surface area contributed by atoms with E-state index in [-0.39, 0.29) is 5.41 Å². The zero-order chi connectivity index (χ0) is 40.0. The van der Waals surface area contributed by atoms with Crippen molar-refractivity contribution in [2.75, 3.05) is 4.90 Å². The molecule has 3 aliphatic rings. The summed E-state index contributed by atoms with van der Waals surface area (Å²) in [5.74, 6) is 0.437. The minimum absolute atomic E-state index is 0.114. The molecule has 286 valence electrons. The standard InChI is InChI=1S/C57H41NOS/c1-57(2)50-20-9-6-15-44(50)45-32-31-41(35-51(45)57)58(40-29-25-37(26-30-40)43-18-12-19-49-47-17-8-11-22-53(47)60-56(43)49)39-27-23-36(24-28-39)42-33-34-48-46-16-7-10-21-52(46)59-55(48)54(42)38-13-4-3-5-14-38/h3-35,47,53H,1-2H3. The number of furan rings is 1. The van der Waals surface area contributed by atoms with Gasteiger partial charge in [0.15, 0.2) is 0 Å². The molecule has 2 nitrogen and oxygen atoms in total. The van der Waals surface area contributed by atoms with Gasteiger partial charge in [0.05, 0.1) is 0 Å². The second kappa shape index (κ2) is 13.6. The number of fused-ring (bicyclic) bond motifs is 9. The van der Waals surface area contributed by atoms with E-state index in [1.54, 1.807) is 0 Å². The summed E-state index contributed by atoms with van der Waals surface area (Å²) in [5.41, 5.74) is 19.0. The van der Waals surface area contributed by atoms with Crippen LogP contribution >= 0.6 is 11.8 Å². The molecule has 0 bridgehead atoms. The van der Waals surface area contributed by atoms with Crippen molar-refractivity contribution in [2.45, 2.75) is 35.3 Å². The van der Waals surface area contributed by atoms with Crippen molar-refractivity contribution in [3.63, 3.8) is 0 Å². The summed E-state index contributed by atoms with van der Waals surface area (Å²) in [7, 11) is 0. The smallest absolute Gasteiger partial charge is 0.143 e. The second-order valence-corrected chi connectivity index (χ2v) is 17.9. The van der Waals surface area contributed by atoms with Gasteiger partial charge in [-0.1, -0.05) is 166 Å². The molecule has 0 radical (unpaired) electrons. The third kappa shape index (κ3) is 5.42. The van der Waals surface area contributed by atoms with Crippen LogP contribution in [-0.2, 0) is 5.41 Å². The molecule has 0 N–H and O–H groups in total. The van der Waals surface area contributed by atoms with Crippen LogP contribution in [0.2, 0.25) is 0 Å². The number of hydrogen-bond acceptors (Lipinski definition) is 3. The van der Waals surface area contributed by atoms with Crippen molar-refractivity contribution in [1.82, 2.24) is 0 Å². The maximum Gasteiger partial charge on any atom is 0.143 e. The summed E-state index contributed by atoms with van der Waals surface area (Å²) in [5, 5.41) is 2.73. The molecule has 0 saturated carbocycles. The maximum atomic E-state index is 6.63. The lowest BCUT2D eigenvalue weighted by Gasteiger charge is -2.28. The van der Waals surface area contributed by atoms with E-state index in [0.29, 0.717) is 11.2 Å². The van der Waals surface area contributed by atoms with Crippen molar-refractivity contribution in [2.24, 2.45) is 0 Å². The number of benzene rings is 8. The largest absolute Gasteiger partial charge is 0.455 e. The van der Waals surface area contributed by atoms with Gasteiger partial charge < -0.3 is 9.32 Å². The van der Waals surface area contributed by atoms with Crippen LogP contribution in [0.3, 0.4) is 0 Å². The quantitative estimate of drug-likeness (QED) is 0.167. The Balaban J connectivity index is 0.979. The molecule has 9 aromatic rings. The number of nitrogens with zero attached hydrogens (tertiary/aromatic N) is 1. The summed E-state index contributed by atoms with van der Waals surface area (Å²) in [6.45, 7) is 4.72. The van der Waals surface area contributed by atoms with Gasteiger partial charge in [0, 0.05) is 54.9 Å². The molecule has 3 heteroatoms. The molecular formula is C57H41NOS. The zero-order valence-corrected chi connectivity index (χ0v) is 34.3. The van der Waals surface area contributed by atoms with Crippen molar-refractivity contribution < 1.29 is 4.42 Å². The number of anilines is 3. The van der Waals surface area contributed by atoms with Crippen molar-refractivity contribution in [1.29, 1.82) is 0 Å². The first-order chi connectivity index (χ1) is 29.5. The molecule has 0 amide bonds. The lowest BCUT2D eigenvalue weighted by atomic mass is 9.82. The first-order valence-electron chi connectivity index (χ1n) is 20.9. The predicted molar refractivity (Wildman–Crippen MR) is 253 cm³/mol. The Morgan fingerprint density at radius 2 is 1.15 bits per heavy atom. The van der Waals surface area contributed by atoms with E-state index in [1.807, 2.05) is 17.8 Å². The van der Waals surface area contributed by atoms with Crippen LogP contribution < -0.4 is 4.90 Å². The number of para-hydroxylation sites is 1. The topological polar surface area (TPSA) is 16.4 Å². The molecule has 1 aromatic heterocycles. The van der Waals surface area contributed by atoms with Gasteiger partial charge in [-0.05, 0) is 104 Å². The average Bonchev–Trinajstić information content (AvgIpc) is 3.95. The Morgan fingerprint density at radius 1 is 0.500 bits per heavy atom. The Bertz CT molecular complexity index is 3210. The first kappa shape index (κ1) is 35.2. The average molecular weight is 788 g/mol. The summed E-state index contributed by atoms with van der Waals surface area (Å²) in [6.07, 6.45) is 9.09. The molecule has 2 heterocycles. The molecular weight excluding hydrogens is 747 g/mol. The van der Waals surface area contributed by atoms with Crippen molar-refractivity contribution in [3.8, 4) is 44.5 Å². The summed E-state index contributed by atoms with van der Waals surface area (Å²) < 4.78 is 6.63. The fraction of sp³-hybridized carbons (Fsp3) is 0.0877. The molecule has 0 spiro atoms. The first-order valence-corrected chi connectivity index (χ1v) is 21.8. The normalized spacial score (nSPS) is 16.8. The van der Waals surface area contributed by atoms with Gasteiger partial charge in [-0.2, -0.15) is 0 Å². The number of allylic oxidation sites excluding steroid dienone is 3. The molecule has 0 fully saturated rings. The third-order valence-electron chi connectivity index (χ3n) is 13.1. The van der Waals surface area contributed by atoms with Crippen LogP contribution in [0, 0.1) is 0 Å². The maximum absolute atomic E-state index is 6.63. The van der Waals surface area contributed by atoms with E-state index in [4.69, 9.17) is 4.42 Å². The Morgan fingerprint density at radius 3 is 1.97 bits per heavy atom. The lowest BCUT2D eigenvalue weighted by Crippen LogP contribution is -2.16. The molecule has 2 atom stereocenters. The SMILES string of the molecule is CC1(C)c2ccccc2-c2ccc(N(c3ccc(-c4cccc5c4SC4C=CC=CC54)cc3)c3ccc(-c4ccc5c(oc6ccccc65)c4-c4ccccc4)cc3)cc21. The molecule has 60 heavy (non-hydrogen) atoms. The summed E-state index contributed by atoms with van der Waals surface area (Å²) >= 11 is 2.00. The molecule has 2 aliphatic carbocycles. The van der Waals surface area contributed by atoms with Crippen LogP contribution in [0.25, 0.3) is 66.4 Å².